The van der Waals surface area contributed by atoms with Gasteiger partial charge in [0.1, 0.15) is 0 Å². The van der Waals surface area contributed by atoms with Crippen molar-refractivity contribution < 1.29 is 20.1 Å². The number of rotatable bonds is 4. The van der Waals surface area contributed by atoms with E-state index in [1.165, 1.54) is 19.3 Å². The monoisotopic (exact) mass is 392 g/mol. The van der Waals surface area contributed by atoms with E-state index in [-0.39, 0.29) is 29.5 Å². The zero-order valence-electron chi connectivity index (χ0n) is 17.9. The van der Waals surface area contributed by atoms with E-state index in [0.717, 1.165) is 38.5 Å². The Bertz CT molecular complexity index is 605. The van der Waals surface area contributed by atoms with Crippen molar-refractivity contribution in [2.75, 3.05) is 0 Å². The Labute approximate surface area is 170 Å². The molecular weight excluding hydrogens is 352 g/mol. The van der Waals surface area contributed by atoms with Crippen molar-refractivity contribution in [2.45, 2.75) is 97.2 Å². The number of fused-ring (bicyclic) bond motifs is 5. The van der Waals surface area contributed by atoms with Crippen LogP contribution in [0.15, 0.2) is 0 Å². The van der Waals surface area contributed by atoms with Crippen molar-refractivity contribution >= 4 is 5.97 Å². The average Bonchev–Trinajstić information content (AvgIpc) is 3.00. The Kier molecular flexibility index (Phi) is 5.36. The molecule has 0 aromatic carbocycles. The number of hydrogen-bond donors (Lipinski definition) is 3. The van der Waals surface area contributed by atoms with Gasteiger partial charge in [-0.05, 0) is 104 Å². The largest absolute Gasteiger partial charge is 0.481 e. The molecule has 0 bridgehead atoms. The van der Waals surface area contributed by atoms with Crippen LogP contribution in [0.25, 0.3) is 0 Å². The smallest absolute Gasteiger partial charge is 0.303 e. The summed E-state index contributed by atoms with van der Waals surface area (Å²) in [6.45, 7) is 6.99. The van der Waals surface area contributed by atoms with E-state index in [1.807, 2.05) is 0 Å². The van der Waals surface area contributed by atoms with Crippen LogP contribution in [0.2, 0.25) is 0 Å². The van der Waals surface area contributed by atoms with Gasteiger partial charge in [-0.2, -0.15) is 0 Å². The number of aliphatic hydroxyl groups is 2. The van der Waals surface area contributed by atoms with E-state index in [0.29, 0.717) is 35.5 Å². The van der Waals surface area contributed by atoms with Gasteiger partial charge in [0.05, 0.1) is 12.2 Å². The summed E-state index contributed by atoms with van der Waals surface area (Å²) in [4.78, 5) is 11.1. The Morgan fingerprint density at radius 3 is 2.50 bits per heavy atom. The molecule has 160 valence electrons. The molecular formula is C24H40O4. The summed E-state index contributed by atoms with van der Waals surface area (Å²) in [6, 6.07) is 0. The number of carboxylic acids is 1. The predicted molar refractivity (Wildman–Crippen MR) is 109 cm³/mol. The first-order chi connectivity index (χ1) is 13.2. The zero-order chi connectivity index (χ0) is 20.3. The fraction of sp³-hybridized carbons (Fsp3) is 0.958. The molecule has 0 spiro atoms. The van der Waals surface area contributed by atoms with Gasteiger partial charge in [-0.1, -0.05) is 20.8 Å². The summed E-state index contributed by atoms with van der Waals surface area (Å²) >= 11 is 0. The fourth-order valence-corrected chi connectivity index (χ4v) is 8.71. The molecule has 4 fully saturated rings. The van der Waals surface area contributed by atoms with Crippen LogP contribution in [0.4, 0.5) is 0 Å². The SMILES string of the molecule is C[C@@H](CCC(=O)O)[C@H]1CC[C@H]2[C@@H]3CC[C@@H]4C[C@@H](O)CC[C@]4(C)[C@@H]3C[C@H](O)[C@]12C. The van der Waals surface area contributed by atoms with Crippen molar-refractivity contribution in [3.8, 4) is 0 Å². The lowest BCUT2D eigenvalue weighted by molar-refractivity contribution is -0.175. The molecule has 0 saturated heterocycles. The van der Waals surface area contributed by atoms with Crippen LogP contribution in [0.1, 0.15) is 85.0 Å². The molecule has 0 unspecified atom stereocenters. The van der Waals surface area contributed by atoms with E-state index in [4.69, 9.17) is 5.11 Å². The summed E-state index contributed by atoms with van der Waals surface area (Å²) in [7, 11) is 0. The third kappa shape index (κ3) is 3.05. The van der Waals surface area contributed by atoms with Crippen LogP contribution in [-0.2, 0) is 4.79 Å². The second-order valence-corrected chi connectivity index (χ2v) is 11.3. The molecule has 4 heteroatoms. The van der Waals surface area contributed by atoms with E-state index >= 15 is 0 Å². The van der Waals surface area contributed by atoms with Crippen LogP contribution in [0.3, 0.4) is 0 Å². The van der Waals surface area contributed by atoms with Gasteiger partial charge in [0.25, 0.3) is 0 Å². The maximum Gasteiger partial charge on any atom is 0.303 e. The van der Waals surface area contributed by atoms with E-state index < -0.39 is 5.97 Å². The third-order valence-corrected chi connectivity index (χ3v) is 10.3. The first-order valence-electron chi connectivity index (χ1n) is 11.8. The third-order valence-electron chi connectivity index (χ3n) is 10.3. The normalized spacial score (nSPS) is 51.7. The van der Waals surface area contributed by atoms with Crippen molar-refractivity contribution in [1.29, 1.82) is 0 Å². The summed E-state index contributed by atoms with van der Waals surface area (Å²) in [5.74, 6) is 2.55. The molecule has 4 aliphatic carbocycles. The standard InChI is InChI=1S/C24H40O4/c1-14(4-9-22(27)28)18-7-8-19-17-6-5-15-12-16(25)10-11-23(15,2)20(17)13-21(26)24(18,19)3/h14-21,25-26H,4-13H2,1-3H3,(H,27,28)/t14-,15+,16-,17-,18+,19-,20+,21-,23-,24+/m0/s1. The van der Waals surface area contributed by atoms with Crippen LogP contribution in [0, 0.1) is 46.3 Å². The van der Waals surface area contributed by atoms with Gasteiger partial charge in [0, 0.05) is 6.42 Å². The maximum absolute atomic E-state index is 11.5. The highest BCUT2D eigenvalue weighted by atomic mass is 16.4. The summed E-state index contributed by atoms with van der Waals surface area (Å²) in [5.41, 5.74) is 0.216. The van der Waals surface area contributed by atoms with Crippen LogP contribution < -0.4 is 0 Å². The number of carboxylic acid groups (broad SMARTS) is 1. The molecule has 28 heavy (non-hydrogen) atoms. The maximum atomic E-state index is 11.5. The van der Waals surface area contributed by atoms with Gasteiger partial charge < -0.3 is 15.3 Å². The lowest BCUT2D eigenvalue weighted by atomic mass is 9.43. The van der Waals surface area contributed by atoms with Gasteiger partial charge in [-0.25, -0.2) is 0 Å². The molecule has 10 atom stereocenters. The highest BCUT2D eigenvalue weighted by molar-refractivity contribution is 5.66. The van der Waals surface area contributed by atoms with Crippen LogP contribution in [-0.4, -0.2) is 33.5 Å². The summed E-state index contributed by atoms with van der Waals surface area (Å²) in [6.07, 6.45) is 9.26. The first-order valence-corrected chi connectivity index (χ1v) is 11.8. The Balaban J connectivity index is 1.56. The van der Waals surface area contributed by atoms with Crippen LogP contribution in [0.5, 0.6) is 0 Å². The van der Waals surface area contributed by atoms with E-state index in [1.54, 1.807) is 0 Å². The fourth-order valence-electron chi connectivity index (χ4n) is 8.71. The van der Waals surface area contributed by atoms with E-state index in [2.05, 4.69) is 20.8 Å². The molecule has 0 aromatic rings. The Morgan fingerprint density at radius 2 is 1.79 bits per heavy atom. The minimum atomic E-state index is -0.707. The van der Waals surface area contributed by atoms with Crippen molar-refractivity contribution in [3.63, 3.8) is 0 Å². The van der Waals surface area contributed by atoms with Gasteiger partial charge in [-0.3, -0.25) is 4.79 Å². The topological polar surface area (TPSA) is 77.8 Å². The lowest BCUT2D eigenvalue weighted by Crippen LogP contribution is -2.58. The minimum Gasteiger partial charge on any atom is -0.481 e. The zero-order valence-corrected chi connectivity index (χ0v) is 17.9. The highest BCUT2D eigenvalue weighted by Crippen LogP contribution is 2.68. The quantitative estimate of drug-likeness (QED) is 0.659. The van der Waals surface area contributed by atoms with Crippen molar-refractivity contribution in [3.05, 3.63) is 0 Å². The van der Waals surface area contributed by atoms with Gasteiger partial charge >= 0.3 is 5.97 Å². The van der Waals surface area contributed by atoms with Crippen LogP contribution >= 0.6 is 0 Å². The first kappa shape index (κ1) is 20.7. The van der Waals surface area contributed by atoms with Gasteiger partial charge in [0.15, 0.2) is 0 Å². The highest BCUT2D eigenvalue weighted by Gasteiger charge is 2.63. The molecule has 0 heterocycles. The molecule has 3 N–H and O–H groups in total. The van der Waals surface area contributed by atoms with Gasteiger partial charge in [-0.15, -0.1) is 0 Å². The van der Waals surface area contributed by atoms with Gasteiger partial charge in [0.2, 0.25) is 0 Å². The molecule has 0 aromatic heterocycles. The molecule has 4 saturated carbocycles. The number of aliphatic hydroxyl groups excluding tert-OH is 2. The van der Waals surface area contributed by atoms with Crippen molar-refractivity contribution in [2.24, 2.45) is 46.3 Å². The van der Waals surface area contributed by atoms with Crippen molar-refractivity contribution in [1.82, 2.24) is 0 Å². The average molecular weight is 393 g/mol. The molecule has 4 nitrogen and oxygen atoms in total. The predicted octanol–water partition coefficient (Wildman–Crippen LogP) is 4.48. The second-order valence-electron chi connectivity index (χ2n) is 11.3. The molecule has 0 aliphatic heterocycles. The molecule has 4 aliphatic rings. The lowest BCUT2D eigenvalue weighted by Gasteiger charge is -2.62. The van der Waals surface area contributed by atoms with E-state index in [9.17, 15) is 15.0 Å². The minimum absolute atomic E-state index is 0.0591. The summed E-state index contributed by atoms with van der Waals surface area (Å²) < 4.78 is 0. The molecule has 0 radical (unpaired) electrons. The number of aliphatic carboxylic acids is 1. The Morgan fingerprint density at radius 1 is 1.04 bits per heavy atom. The summed E-state index contributed by atoms with van der Waals surface area (Å²) in [5, 5.41) is 30.8. The Hall–Kier alpha value is -0.610. The second kappa shape index (κ2) is 7.27. The number of carbonyl (C=O) groups is 1. The number of hydrogen-bond acceptors (Lipinski definition) is 3. The molecule has 4 rings (SSSR count). The molecule has 0 amide bonds.